The van der Waals surface area contributed by atoms with Gasteiger partial charge in [-0.15, -0.1) is 0 Å². The van der Waals surface area contributed by atoms with E-state index in [4.69, 9.17) is 0 Å². The van der Waals surface area contributed by atoms with E-state index < -0.39 is 11.9 Å². The topological polar surface area (TPSA) is 86.8 Å². The maximum Gasteiger partial charge on any atom is 0.257 e. The van der Waals surface area contributed by atoms with E-state index in [-0.39, 0.29) is 30.7 Å². The van der Waals surface area contributed by atoms with Crippen LogP contribution in [0.3, 0.4) is 0 Å². The molecular weight excluding hydrogens is 394 g/mol. The molecule has 1 atom stereocenters. The first-order valence-corrected chi connectivity index (χ1v) is 10.4. The number of benzene rings is 2. The number of amides is 4. The van der Waals surface area contributed by atoms with Crippen molar-refractivity contribution in [2.45, 2.75) is 52.6 Å². The summed E-state index contributed by atoms with van der Waals surface area (Å²) in [6.45, 7) is 5.57. The Hall–Kier alpha value is -3.48. The number of carbonyl (C=O) groups excluding carboxylic acids is 4. The smallest absolute Gasteiger partial charge is 0.257 e. The Kier molecular flexibility index (Phi) is 6.84. The van der Waals surface area contributed by atoms with Gasteiger partial charge in [-0.05, 0) is 43.2 Å². The highest BCUT2D eigenvalue weighted by molar-refractivity contribution is 6.23. The number of hydrogen-bond donors (Lipinski definition) is 1. The van der Waals surface area contributed by atoms with Crippen LogP contribution in [0.15, 0.2) is 48.5 Å². The van der Waals surface area contributed by atoms with E-state index >= 15 is 0 Å². The number of carbonyl (C=O) groups is 4. The van der Waals surface area contributed by atoms with Gasteiger partial charge in [0, 0.05) is 25.6 Å². The molecule has 1 heterocycles. The van der Waals surface area contributed by atoms with Crippen molar-refractivity contribution in [2.75, 3.05) is 10.2 Å². The molecule has 1 fully saturated rings. The largest absolute Gasteiger partial charge is 0.326 e. The maximum atomic E-state index is 13.2. The van der Waals surface area contributed by atoms with Gasteiger partial charge in [0.25, 0.3) is 5.91 Å². The summed E-state index contributed by atoms with van der Waals surface area (Å²) in [5.74, 6) is -1.10. The molecular formula is C24H27N3O4. The molecule has 1 saturated heterocycles. The second kappa shape index (κ2) is 9.55. The van der Waals surface area contributed by atoms with Crippen molar-refractivity contribution < 1.29 is 19.2 Å². The highest BCUT2D eigenvalue weighted by Crippen LogP contribution is 2.28. The lowest BCUT2D eigenvalue weighted by molar-refractivity contribution is -0.139. The summed E-state index contributed by atoms with van der Waals surface area (Å²) in [4.78, 5) is 52.7. The van der Waals surface area contributed by atoms with Gasteiger partial charge in [-0.1, -0.05) is 36.8 Å². The second-order valence-electron chi connectivity index (χ2n) is 7.77. The minimum absolute atomic E-state index is 0.0480. The lowest BCUT2D eigenvalue weighted by atomic mass is 10.1. The van der Waals surface area contributed by atoms with Gasteiger partial charge in [-0.25, -0.2) is 4.90 Å². The van der Waals surface area contributed by atoms with Crippen LogP contribution < -0.4 is 10.2 Å². The minimum Gasteiger partial charge on any atom is -0.326 e. The Bertz CT molecular complexity index is 983. The zero-order valence-electron chi connectivity index (χ0n) is 18.1. The molecule has 7 heteroatoms. The van der Waals surface area contributed by atoms with Crippen molar-refractivity contribution in [2.24, 2.45) is 0 Å². The Morgan fingerprint density at radius 2 is 1.71 bits per heavy atom. The van der Waals surface area contributed by atoms with E-state index in [9.17, 15) is 19.2 Å². The lowest BCUT2D eigenvalue weighted by Gasteiger charge is -2.28. The zero-order chi connectivity index (χ0) is 22.5. The lowest BCUT2D eigenvalue weighted by Crippen LogP contribution is -2.45. The van der Waals surface area contributed by atoms with Crippen LogP contribution in [-0.2, 0) is 25.7 Å². The summed E-state index contributed by atoms with van der Waals surface area (Å²) in [6.07, 6.45) is 0.926. The first-order valence-electron chi connectivity index (χ1n) is 10.4. The fourth-order valence-corrected chi connectivity index (χ4v) is 3.65. The van der Waals surface area contributed by atoms with E-state index in [1.807, 2.05) is 38.1 Å². The van der Waals surface area contributed by atoms with Crippen molar-refractivity contribution in [3.8, 4) is 0 Å². The van der Waals surface area contributed by atoms with Crippen molar-refractivity contribution in [3.05, 3.63) is 59.7 Å². The Morgan fingerprint density at radius 3 is 2.29 bits per heavy atom. The highest BCUT2D eigenvalue weighted by Gasteiger charge is 2.44. The van der Waals surface area contributed by atoms with E-state index in [0.29, 0.717) is 24.2 Å². The molecule has 1 aliphatic heterocycles. The van der Waals surface area contributed by atoms with Crippen LogP contribution in [0.25, 0.3) is 0 Å². The summed E-state index contributed by atoms with van der Waals surface area (Å²) >= 11 is 0. The summed E-state index contributed by atoms with van der Waals surface area (Å²) in [5.41, 5.74) is 3.01. The first kappa shape index (κ1) is 22.2. The van der Waals surface area contributed by atoms with Crippen molar-refractivity contribution in [3.63, 3.8) is 0 Å². The van der Waals surface area contributed by atoms with Crippen LogP contribution >= 0.6 is 0 Å². The summed E-state index contributed by atoms with van der Waals surface area (Å²) in [7, 11) is 0. The Morgan fingerprint density at radius 1 is 1.06 bits per heavy atom. The minimum atomic E-state index is -0.831. The predicted octanol–water partition coefficient (Wildman–Crippen LogP) is 3.41. The van der Waals surface area contributed by atoms with Crippen LogP contribution in [-0.4, -0.2) is 34.6 Å². The molecule has 0 saturated carbocycles. The third-order valence-corrected chi connectivity index (χ3v) is 5.20. The molecule has 1 N–H and O–H groups in total. The molecule has 7 nitrogen and oxygen atoms in total. The van der Waals surface area contributed by atoms with Gasteiger partial charge in [-0.2, -0.15) is 0 Å². The predicted molar refractivity (Wildman–Crippen MR) is 118 cm³/mol. The normalized spacial score (nSPS) is 15.8. The van der Waals surface area contributed by atoms with E-state index in [0.717, 1.165) is 16.0 Å². The van der Waals surface area contributed by atoms with Crippen molar-refractivity contribution >= 4 is 35.0 Å². The van der Waals surface area contributed by atoms with Crippen molar-refractivity contribution in [1.29, 1.82) is 0 Å². The molecule has 162 valence electrons. The van der Waals surface area contributed by atoms with Crippen LogP contribution in [0.4, 0.5) is 11.4 Å². The molecule has 0 aromatic heterocycles. The number of nitrogens with zero attached hydrogens (tertiary/aromatic N) is 2. The van der Waals surface area contributed by atoms with Gasteiger partial charge >= 0.3 is 0 Å². The van der Waals surface area contributed by atoms with Gasteiger partial charge < -0.3 is 10.2 Å². The first-order chi connectivity index (χ1) is 14.8. The molecule has 0 radical (unpaired) electrons. The third kappa shape index (κ3) is 5.17. The molecule has 1 unspecified atom stereocenters. The van der Waals surface area contributed by atoms with Gasteiger partial charge in [0.1, 0.15) is 6.04 Å². The van der Waals surface area contributed by atoms with Gasteiger partial charge in [0.2, 0.25) is 17.7 Å². The van der Waals surface area contributed by atoms with Gasteiger partial charge in [-0.3, -0.25) is 19.2 Å². The van der Waals surface area contributed by atoms with Crippen molar-refractivity contribution in [1.82, 2.24) is 4.90 Å². The third-order valence-electron chi connectivity index (χ3n) is 5.20. The molecule has 3 rings (SSSR count). The standard InChI is InChI=1S/C24H27N3O4/c1-4-5-22(29)26(15-18-8-6-16(2)7-9-18)21-14-23(30)27(24(21)31)20-12-10-19(11-13-20)25-17(3)28/h6-13,21H,4-5,14-15H2,1-3H3,(H,25,28). The Labute approximate surface area is 182 Å². The molecule has 31 heavy (non-hydrogen) atoms. The Balaban J connectivity index is 1.84. The van der Waals surface area contributed by atoms with E-state index in [1.54, 1.807) is 24.3 Å². The SMILES string of the molecule is CCCC(=O)N(Cc1ccc(C)cc1)C1CC(=O)N(c2ccc(NC(C)=O)cc2)C1=O. The molecule has 2 aromatic carbocycles. The fraction of sp³-hybridized carbons (Fsp3) is 0.333. The maximum absolute atomic E-state index is 13.2. The number of nitrogens with one attached hydrogen (secondary N) is 1. The summed E-state index contributed by atoms with van der Waals surface area (Å²) < 4.78 is 0. The number of imide groups is 1. The van der Waals surface area contributed by atoms with Crippen LogP contribution in [0, 0.1) is 6.92 Å². The molecule has 0 spiro atoms. The number of aryl methyl sites for hydroxylation is 1. The summed E-state index contributed by atoms with van der Waals surface area (Å²) in [5, 5.41) is 2.65. The van der Waals surface area contributed by atoms with Gasteiger partial charge in [0.15, 0.2) is 0 Å². The average Bonchev–Trinajstić information content (AvgIpc) is 3.02. The molecule has 0 bridgehead atoms. The summed E-state index contributed by atoms with van der Waals surface area (Å²) in [6, 6.07) is 13.5. The molecule has 2 aromatic rings. The van der Waals surface area contributed by atoms with Gasteiger partial charge in [0.05, 0.1) is 12.1 Å². The zero-order valence-corrected chi connectivity index (χ0v) is 18.1. The molecule has 1 aliphatic rings. The molecule has 0 aliphatic carbocycles. The monoisotopic (exact) mass is 421 g/mol. The number of hydrogen-bond acceptors (Lipinski definition) is 4. The quantitative estimate of drug-likeness (QED) is 0.694. The number of rotatable bonds is 7. The van der Waals surface area contributed by atoms with E-state index in [2.05, 4.69) is 5.32 Å². The average molecular weight is 421 g/mol. The second-order valence-corrected chi connectivity index (χ2v) is 7.77. The molecule has 4 amide bonds. The van der Waals surface area contributed by atoms with Crippen LogP contribution in [0.2, 0.25) is 0 Å². The number of anilines is 2. The fourth-order valence-electron chi connectivity index (χ4n) is 3.65. The van der Waals surface area contributed by atoms with Crippen LogP contribution in [0.5, 0.6) is 0 Å². The van der Waals surface area contributed by atoms with Crippen LogP contribution in [0.1, 0.15) is 44.2 Å². The van der Waals surface area contributed by atoms with E-state index in [1.165, 1.54) is 11.8 Å². The highest BCUT2D eigenvalue weighted by atomic mass is 16.2.